The number of nitrogens with zero attached hydrogens (tertiary/aromatic N) is 1. The zero-order valence-electron chi connectivity index (χ0n) is 7.84. The van der Waals surface area contributed by atoms with Gasteiger partial charge in [0, 0.05) is 19.1 Å². The molecule has 1 saturated carbocycles. The van der Waals surface area contributed by atoms with E-state index < -0.39 is 0 Å². The lowest BCUT2D eigenvalue weighted by atomic mass is 9.85. The fraction of sp³-hybridized carbons (Fsp3) is 1.00. The summed E-state index contributed by atoms with van der Waals surface area (Å²) in [6, 6.07) is 0.905. The molecule has 0 aromatic carbocycles. The van der Waals surface area contributed by atoms with E-state index in [1.165, 1.54) is 38.6 Å². The normalized spacial score (nSPS) is 36.8. The minimum absolute atomic E-state index is 0.837. The van der Waals surface area contributed by atoms with Gasteiger partial charge in [0.25, 0.3) is 0 Å². The number of fused-ring (bicyclic) bond motifs is 1. The van der Waals surface area contributed by atoms with E-state index in [4.69, 9.17) is 5.73 Å². The number of hydrogen-bond donors (Lipinski definition) is 1. The van der Waals surface area contributed by atoms with E-state index in [0.29, 0.717) is 0 Å². The molecule has 2 heteroatoms. The van der Waals surface area contributed by atoms with Gasteiger partial charge in [0.2, 0.25) is 0 Å². The lowest BCUT2D eigenvalue weighted by molar-refractivity contribution is 0.187. The predicted octanol–water partition coefficient (Wildman–Crippen LogP) is 1.21. The monoisotopic (exact) mass is 168 g/mol. The van der Waals surface area contributed by atoms with Crippen LogP contribution in [0.25, 0.3) is 0 Å². The van der Waals surface area contributed by atoms with E-state index in [2.05, 4.69) is 4.90 Å². The molecule has 0 spiro atoms. The zero-order chi connectivity index (χ0) is 8.39. The summed E-state index contributed by atoms with van der Waals surface area (Å²) in [6.07, 6.45) is 7.26. The third kappa shape index (κ3) is 1.50. The highest BCUT2D eigenvalue weighted by Crippen LogP contribution is 2.35. The summed E-state index contributed by atoms with van der Waals surface area (Å²) in [5.74, 6) is 1.02. The molecule has 0 radical (unpaired) electrons. The SMILES string of the molecule is NCCN1CCC2CCCCC21. The van der Waals surface area contributed by atoms with Gasteiger partial charge in [-0.15, -0.1) is 0 Å². The van der Waals surface area contributed by atoms with Crippen molar-refractivity contribution in [2.24, 2.45) is 11.7 Å². The smallest absolute Gasteiger partial charge is 0.0124 e. The van der Waals surface area contributed by atoms with Gasteiger partial charge < -0.3 is 5.73 Å². The zero-order valence-corrected chi connectivity index (χ0v) is 7.84. The standard InChI is InChI=1S/C10H20N2/c11-6-8-12-7-5-9-3-1-2-4-10(9)12/h9-10H,1-8,11H2. The highest BCUT2D eigenvalue weighted by Gasteiger charge is 2.34. The van der Waals surface area contributed by atoms with Crippen molar-refractivity contribution >= 4 is 0 Å². The summed E-state index contributed by atoms with van der Waals surface area (Å²) in [7, 11) is 0. The Balaban J connectivity index is 1.92. The van der Waals surface area contributed by atoms with Crippen LogP contribution in [0.4, 0.5) is 0 Å². The average Bonchev–Trinajstić information content (AvgIpc) is 2.50. The minimum Gasteiger partial charge on any atom is -0.329 e. The van der Waals surface area contributed by atoms with Gasteiger partial charge in [-0.3, -0.25) is 4.90 Å². The Bertz CT molecular complexity index is 147. The van der Waals surface area contributed by atoms with Crippen molar-refractivity contribution < 1.29 is 0 Å². The molecule has 0 aromatic rings. The van der Waals surface area contributed by atoms with Crippen molar-refractivity contribution in [3.05, 3.63) is 0 Å². The van der Waals surface area contributed by atoms with Crippen molar-refractivity contribution in [2.45, 2.75) is 38.1 Å². The van der Waals surface area contributed by atoms with Crippen molar-refractivity contribution in [3.63, 3.8) is 0 Å². The Morgan fingerprint density at radius 2 is 2.00 bits per heavy atom. The summed E-state index contributed by atoms with van der Waals surface area (Å²) in [4.78, 5) is 2.61. The van der Waals surface area contributed by atoms with E-state index in [0.717, 1.165) is 25.0 Å². The Kier molecular flexibility index (Phi) is 2.66. The molecule has 1 heterocycles. The number of rotatable bonds is 2. The van der Waals surface area contributed by atoms with Crippen LogP contribution in [-0.2, 0) is 0 Å². The lowest BCUT2D eigenvalue weighted by Gasteiger charge is -2.31. The summed E-state index contributed by atoms with van der Waals surface area (Å²) in [5.41, 5.74) is 5.59. The molecule has 0 aromatic heterocycles. The Labute approximate surface area is 75.1 Å². The molecule has 2 aliphatic rings. The summed E-state index contributed by atoms with van der Waals surface area (Å²) in [6.45, 7) is 3.27. The molecule has 2 rings (SSSR count). The Hall–Kier alpha value is -0.0800. The molecule has 1 aliphatic heterocycles. The first-order valence-corrected chi connectivity index (χ1v) is 5.36. The highest BCUT2D eigenvalue weighted by atomic mass is 15.2. The van der Waals surface area contributed by atoms with Gasteiger partial charge in [0.15, 0.2) is 0 Å². The summed E-state index contributed by atoms with van der Waals surface area (Å²) in [5, 5.41) is 0. The van der Waals surface area contributed by atoms with Crippen molar-refractivity contribution in [1.82, 2.24) is 4.90 Å². The van der Waals surface area contributed by atoms with Crippen molar-refractivity contribution in [1.29, 1.82) is 0 Å². The van der Waals surface area contributed by atoms with E-state index in [1.54, 1.807) is 0 Å². The third-order valence-corrected chi connectivity index (χ3v) is 3.54. The van der Waals surface area contributed by atoms with E-state index in [9.17, 15) is 0 Å². The number of likely N-dealkylation sites (tertiary alicyclic amines) is 1. The van der Waals surface area contributed by atoms with Gasteiger partial charge in [0.1, 0.15) is 0 Å². The van der Waals surface area contributed by atoms with E-state index >= 15 is 0 Å². The molecule has 70 valence electrons. The van der Waals surface area contributed by atoms with Crippen LogP contribution in [0.3, 0.4) is 0 Å². The van der Waals surface area contributed by atoms with Crippen LogP contribution in [-0.4, -0.2) is 30.6 Å². The van der Waals surface area contributed by atoms with E-state index in [1.807, 2.05) is 0 Å². The van der Waals surface area contributed by atoms with Crippen molar-refractivity contribution in [3.8, 4) is 0 Å². The Morgan fingerprint density at radius 3 is 2.83 bits per heavy atom. The van der Waals surface area contributed by atoms with Crippen LogP contribution in [0.2, 0.25) is 0 Å². The van der Waals surface area contributed by atoms with Crippen molar-refractivity contribution in [2.75, 3.05) is 19.6 Å². The second-order valence-electron chi connectivity index (χ2n) is 4.23. The first-order chi connectivity index (χ1) is 5.92. The van der Waals surface area contributed by atoms with Crippen LogP contribution < -0.4 is 5.73 Å². The van der Waals surface area contributed by atoms with Gasteiger partial charge in [-0.2, -0.15) is 0 Å². The fourth-order valence-corrected chi connectivity index (χ4v) is 2.95. The second kappa shape index (κ2) is 3.75. The molecule has 2 fully saturated rings. The van der Waals surface area contributed by atoms with Gasteiger partial charge in [-0.05, 0) is 31.7 Å². The van der Waals surface area contributed by atoms with Crippen LogP contribution in [0.15, 0.2) is 0 Å². The molecule has 2 atom stereocenters. The maximum atomic E-state index is 5.59. The van der Waals surface area contributed by atoms with Crippen LogP contribution in [0.5, 0.6) is 0 Å². The first kappa shape index (κ1) is 8.52. The number of hydrogen-bond acceptors (Lipinski definition) is 2. The topological polar surface area (TPSA) is 29.3 Å². The van der Waals surface area contributed by atoms with Gasteiger partial charge in [-0.25, -0.2) is 0 Å². The summed E-state index contributed by atoms with van der Waals surface area (Å²) >= 11 is 0. The van der Waals surface area contributed by atoms with E-state index in [-0.39, 0.29) is 0 Å². The number of nitrogens with two attached hydrogens (primary N) is 1. The molecular formula is C10H20N2. The molecule has 2 N–H and O–H groups in total. The highest BCUT2D eigenvalue weighted by molar-refractivity contribution is 4.89. The molecule has 2 nitrogen and oxygen atoms in total. The summed E-state index contributed by atoms with van der Waals surface area (Å²) < 4.78 is 0. The van der Waals surface area contributed by atoms with Gasteiger partial charge >= 0.3 is 0 Å². The molecule has 0 bridgehead atoms. The molecule has 0 amide bonds. The molecule has 2 unspecified atom stereocenters. The lowest BCUT2D eigenvalue weighted by Crippen LogP contribution is -2.37. The first-order valence-electron chi connectivity index (χ1n) is 5.36. The van der Waals surface area contributed by atoms with Crippen LogP contribution >= 0.6 is 0 Å². The van der Waals surface area contributed by atoms with Gasteiger partial charge in [-0.1, -0.05) is 12.8 Å². The molecule has 1 saturated heterocycles. The predicted molar refractivity (Wildman–Crippen MR) is 51.0 cm³/mol. The largest absolute Gasteiger partial charge is 0.329 e. The quantitative estimate of drug-likeness (QED) is 0.671. The average molecular weight is 168 g/mol. The minimum atomic E-state index is 0.837. The second-order valence-corrected chi connectivity index (χ2v) is 4.23. The maximum Gasteiger partial charge on any atom is 0.0124 e. The maximum absolute atomic E-state index is 5.59. The Morgan fingerprint density at radius 1 is 1.17 bits per heavy atom. The van der Waals surface area contributed by atoms with Crippen LogP contribution in [0, 0.1) is 5.92 Å². The fourth-order valence-electron chi connectivity index (χ4n) is 2.95. The van der Waals surface area contributed by atoms with Crippen LogP contribution in [0.1, 0.15) is 32.1 Å². The van der Waals surface area contributed by atoms with Gasteiger partial charge in [0.05, 0.1) is 0 Å². The molecule has 1 aliphatic carbocycles. The molecular weight excluding hydrogens is 148 g/mol. The molecule has 12 heavy (non-hydrogen) atoms. The third-order valence-electron chi connectivity index (χ3n) is 3.54.